The number of pyridine rings is 1. The predicted octanol–water partition coefficient (Wildman–Crippen LogP) is 3.47. The summed E-state index contributed by atoms with van der Waals surface area (Å²) in [4.78, 5) is 25.1. The Hall–Kier alpha value is -4.29. The summed E-state index contributed by atoms with van der Waals surface area (Å²) in [7, 11) is 0. The van der Waals surface area contributed by atoms with Crippen LogP contribution in [0.1, 0.15) is 40.4 Å². The number of aryl methyl sites for hydroxylation is 1. The molecule has 0 aliphatic carbocycles. The molecule has 0 saturated heterocycles. The SMILES string of the molecule is Cc1cnc(-c2cc(C(=O)NC(C)c3cnccn3)cc(-n3nnnc3C(F)(F)F)c2)c(F)c1. The van der Waals surface area contributed by atoms with Crippen LogP contribution in [0.5, 0.6) is 0 Å². The number of hydrogen-bond acceptors (Lipinski definition) is 7. The third kappa shape index (κ3) is 4.72. The highest BCUT2D eigenvalue weighted by atomic mass is 19.4. The van der Waals surface area contributed by atoms with E-state index in [1.165, 1.54) is 49.1 Å². The lowest BCUT2D eigenvalue weighted by Gasteiger charge is -2.15. The Morgan fingerprint density at radius 1 is 1.09 bits per heavy atom. The van der Waals surface area contributed by atoms with Gasteiger partial charge in [0, 0.05) is 29.7 Å². The van der Waals surface area contributed by atoms with Crippen molar-refractivity contribution in [2.24, 2.45) is 0 Å². The van der Waals surface area contributed by atoms with E-state index in [4.69, 9.17) is 0 Å². The molecule has 0 saturated carbocycles. The minimum Gasteiger partial charge on any atom is -0.344 e. The number of aromatic nitrogens is 7. The van der Waals surface area contributed by atoms with Crippen LogP contribution >= 0.6 is 0 Å². The maximum Gasteiger partial charge on any atom is 0.453 e. The monoisotopic (exact) mass is 472 g/mol. The summed E-state index contributed by atoms with van der Waals surface area (Å²) < 4.78 is 55.2. The fourth-order valence-electron chi connectivity index (χ4n) is 3.17. The first-order chi connectivity index (χ1) is 16.1. The molecule has 1 atom stereocenters. The highest BCUT2D eigenvalue weighted by molar-refractivity contribution is 5.96. The van der Waals surface area contributed by atoms with Gasteiger partial charge in [-0.1, -0.05) is 0 Å². The zero-order valence-corrected chi connectivity index (χ0v) is 17.7. The van der Waals surface area contributed by atoms with Crippen LogP contribution in [0.3, 0.4) is 0 Å². The van der Waals surface area contributed by atoms with Crippen LogP contribution < -0.4 is 5.32 Å². The maximum absolute atomic E-state index is 14.6. The van der Waals surface area contributed by atoms with Gasteiger partial charge in [-0.05, 0) is 54.1 Å². The maximum atomic E-state index is 14.6. The van der Waals surface area contributed by atoms with E-state index in [0.29, 0.717) is 15.9 Å². The lowest BCUT2D eigenvalue weighted by Crippen LogP contribution is -2.27. The molecule has 0 aliphatic rings. The van der Waals surface area contributed by atoms with Crippen molar-refractivity contribution < 1.29 is 22.4 Å². The molecule has 1 N–H and O–H groups in total. The Bertz CT molecular complexity index is 1340. The van der Waals surface area contributed by atoms with Crippen LogP contribution in [0.25, 0.3) is 16.9 Å². The van der Waals surface area contributed by atoms with Crippen LogP contribution in [-0.2, 0) is 6.18 Å². The lowest BCUT2D eigenvalue weighted by atomic mass is 10.0. The van der Waals surface area contributed by atoms with Gasteiger partial charge in [0.25, 0.3) is 11.7 Å². The van der Waals surface area contributed by atoms with Gasteiger partial charge < -0.3 is 5.32 Å². The zero-order valence-electron chi connectivity index (χ0n) is 17.7. The second-order valence-corrected chi connectivity index (χ2v) is 7.35. The number of alkyl halides is 3. The van der Waals surface area contributed by atoms with Crippen LogP contribution in [-0.4, -0.2) is 41.1 Å². The Morgan fingerprint density at radius 3 is 2.56 bits per heavy atom. The summed E-state index contributed by atoms with van der Waals surface area (Å²) in [5, 5.41) is 12.2. The molecule has 4 aromatic rings. The van der Waals surface area contributed by atoms with Crippen LogP contribution in [0.2, 0.25) is 0 Å². The van der Waals surface area contributed by atoms with Crippen LogP contribution in [0.4, 0.5) is 17.6 Å². The van der Waals surface area contributed by atoms with Crippen molar-refractivity contribution in [1.82, 2.24) is 40.5 Å². The van der Waals surface area contributed by atoms with Crippen LogP contribution in [0, 0.1) is 12.7 Å². The number of tetrazole rings is 1. The van der Waals surface area contributed by atoms with Gasteiger partial charge in [0.15, 0.2) is 0 Å². The molecule has 0 fully saturated rings. The number of nitrogens with zero attached hydrogens (tertiary/aromatic N) is 7. The molecule has 174 valence electrons. The summed E-state index contributed by atoms with van der Waals surface area (Å²) in [6, 6.07) is 4.36. The number of hydrogen-bond donors (Lipinski definition) is 1. The smallest absolute Gasteiger partial charge is 0.344 e. The molecule has 0 aliphatic heterocycles. The molecule has 3 aromatic heterocycles. The van der Waals surface area contributed by atoms with Gasteiger partial charge >= 0.3 is 6.18 Å². The van der Waals surface area contributed by atoms with Crippen LogP contribution in [0.15, 0.2) is 49.1 Å². The van der Waals surface area contributed by atoms with Crippen molar-refractivity contribution in [3.63, 3.8) is 0 Å². The summed E-state index contributed by atoms with van der Waals surface area (Å²) >= 11 is 0. The Labute approximate surface area is 189 Å². The fraction of sp³-hybridized carbons (Fsp3) is 0.190. The molecule has 1 unspecified atom stereocenters. The highest BCUT2D eigenvalue weighted by Crippen LogP contribution is 2.31. The topological polar surface area (TPSA) is 111 Å². The van der Waals surface area contributed by atoms with Crippen molar-refractivity contribution in [3.05, 3.63) is 77.5 Å². The molecule has 1 aromatic carbocycles. The molecule has 1 amide bonds. The second kappa shape index (κ2) is 8.92. The number of rotatable bonds is 5. The van der Waals surface area contributed by atoms with Gasteiger partial charge in [-0.2, -0.15) is 17.9 Å². The Kier molecular flexibility index (Phi) is 6.01. The first-order valence-electron chi connectivity index (χ1n) is 9.84. The molecule has 13 heteroatoms. The van der Waals surface area contributed by atoms with E-state index < -0.39 is 29.8 Å². The number of amides is 1. The third-order valence-corrected chi connectivity index (χ3v) is 4.77. The average molecular weight is 472 g/mol. The average Bonchev–Trinajstić information content (AvgIpc) is 3.30. The normalized spacial score (nSPS) is 12.4. The summed E-state index contributed by atoms with van der Waals surface area (Å²) in [5.74, 6) is -2.75. The number of benzene rings is 1. The molecule has 0 bridgehead atoms. The van der Waals surface area contributed by atoms with Gasteiger partial charge in [0.1, 0.15) is 11.5 Å². The highest BCUT2D eigenvalue weighted by Gasteiger charge is 2.38. The number of carbonyl (C=O) groups is 1. The first kappa shape index (κ1) is 22.9. The van der Waals surface area contributed by atoms with E-state index in [1.807, 2.05) is 0 Å². The quantitative estimate of drug-likeness (QED) is 0.443. The van der Waals surface area contributed by atoms with E-state index in [2.05, 4.69) is 35.8 Å². The summed E-state index contributed by atoms with van der Waals surface area (Å²) in [6.45, 7) is 3.30. The molecular weight excluding hydrogens is 456 g/mol. The summed E-state index contributed by atoms with van der Waals surface area (Å²) in [6.07, 6.45) is 0.935. The molecule has 0 radical (unpaired) electrons. The minimum atomic E-state index is -4.87. The van der Waals surface area contributed by atoms with E-state index >= 15 is 0 Å². The number of nitrogens with one attached hydrogen (secondary N) is 1. The zero-order chi connectivity index (χ0) is 24.5. The number of carbonyl (C=O) groups excluding carboxylic acids is 1. The Balaban J connectivity index is 1.81. The molecular formula is C21H16F4N8O. The summed E-state index contributed by atoms with van der Waals surface area (Å²) in [5.41, 5.74) is 0.676. The largest absolute Gasteiger partial charge is 0.453 e. The van der Waals surface area contributed by atoms with Gasteiger partial charge in [0.2, 0.25) is 0 Å². The van der Waals surface area contributed by atoms with Crippen molar-refractivity contribution in [1.29, 1.82) is 0 Å². The first-order valence-corrected chi connectivity index (χ1v) is 9.84. The molecule has 34 heavy (non-hydrogen) atoms. The standard InChI is InChI=1S/C21H16F4N8O/c1-11-5-16(22)18(28-9-11)13-6-14(19(34)29-12(2)17-10-26-3-4-27-17)8-15(7-13)33-20(21(23,24)25)30-31-32-33/h3-10,12H,1-2H3,(H,29,34). The molecule has 9 nitrogen and oxygen atoms in total. The van der Waals surface area contributed by atoms with E-state index in [0.717, 1.165) is 0 Å². The van der Waals surface area contributed by atoms with Gasteiger partial charge in [-0.15, -0.1) is 5.10 Å². The van der Waals surface area contributed by atoms with Crippen molar-refractivity contribution >= 4 is 5.91 Å². The van der Waals surface area contributed by atoms with Gasteiger partial charge in [-0.3, -0.25) is 19.7 Å². The van der Waals surface area contributed by atoms with Gasteiger partial charge in [0.05, 0.1) is 23.6 Å². The van der Waals surface area contributed by atoms with E-state index in [1.54, 1.807) is 13.8 Å². The van der Waals surface area contributed by atoms with E-state index in [9.17, 15) is 22.4 Å². The molecule has 4 rings (SSSR count). The van der Waals surface area contributed by atoms with E-state index in [-0.39, 0.29) is 22.5 Å². The molecule has 0 spiro atoms. The van der Waals surface area contributed by atoms with Crippen molar-refractivity contribution in [3.8, 4) is 16.9 Å². The van der Waals surface area contributed by atoms with Crippen molar-refractivity contribution in [2.45, 2.75) is 26.1 Å². The minimum absolute atomic E-state index is 0.0614. The lowest BCUT2D eigenvalue weighted by molar-refractivity contribution is -0.146. The Morgan fingerprint density at radius 2 is 1.88 bits per heavy atom. The molecule has 3 heterocycles. The van der Waals surface area contributed by atoms with Gasteiger partial charge in [-0.25, -0.2) is 4.39 Å². The third-order valence-electron chi connectivity index (χ3n) is 4.77. The van der Waals surface area contributed by atoms with Crippen molar-refractivity contribution in [2.75, 3.05) is 0 Å². The second-order valence-electron chi connectivity index (χ2n) is 7.35. The number of halogens is 4. The fourth-order valence-corrected chi connectivity index (χ4v) is 3.17. The predicted molar refractivity (Wildman–Crippen MR) is 110 cm³/mol.